The van der Waals surface area contributed by atoms with Gasteiger partial charge in [0.1, 0.15) is 5.01 Å². The maximum Gasteiger partial charge on any atom is 0.358 e. The first kappa shape index (κ1) is 21.6. The van der Waals surface area contributed by atoms with E-state index in [2.05, 4.69) is 10.3 Å². The van der Waals surface area contributed by atoms with Gasteiger partial charge in [0.15, 0.2) is 23.8 Å². The largest absolute Gasteiger partial charge is 0.493 e. The maximum atomic E-state index is 12.2. The van der Waals surface area contributed by atoms with E-state index in [1.165, 1.54) is 18.4 Å². The molecule has 0 unspecified atom stereocenters. The highest BCUT2D eigenvalue weighted by atomic mass is 35.5. The lowest BCUT2D eigenvalue weighted by Gasteiger charge is -2.10. The van der Waals surface area contributed by atoms with Crippen molar-refractivity contribution in [3.8, 4) is 22.1 Å². The minimum Gasteiger partial charge on any atom is -0.493 e. The number of benzene rings is 2. The fourth-order valence-corrected chi connectivity index (χ4v) is 3.55. The zero-order valence-electron chi connectivity index (χ0n) is 16.3. The number of thiazole rings is 1. The molecule has 3 rings (SSSR count). The number of nitrogens with zero attached hydrogens (tertiary/aromatic N) is 1. The molecule has 0 saturated heterocycles. The number of hydrogen-bond acceptors (Lipinski definition) is 7. The molecule has 30 heavy (non-hydrogen) atoms. The molecule has 2 aromatic carbocycles. The van der Waals surface area contributed by atoms with Crippen molar-refractivity contribution in [3.05, 3.63) is 64.1 Å². The standard InChI is InChI=1S/C21H19ClN2O5S/c1-27-17-7-6-13(8-18(17)28-2)10-23-19(25)11-29-21(26)16-12-30-20(24-16)14-4-3-5-15(22)9-14/h3-9,12H,10-11H2,1-2H3,(H,23,25). The van der Waals surface area contributed by atoms with Gasteiger partial charge in [-0.3, -0.25) is 4.79 Å². The number of carbonyl (C=O) groups is 2. The van der Waals surface area contributed by atoms with Crippen molar-refractivity contribution in [1.29, 1.82) is 0 Å². The van der Waals surface area contributed by atoms with Gasteiger partial charge in [-0.15, -0.1) is 11.3 Å². The predicted octanol–water partition coefficient (Wildman–Crippen LogP) is 3.95. The summed E-state index contributed by atoms with van der Waals surface area (Å²) in [6.45, 7) is -0.150. The Hall–Kier alpha value is -3.10. The third-order valence-corrected chi connectivity index (χ3v) is 5.18. The highest BCUT2D eigenvalue weighted by Crippen LogP contribution is 2.28. The Morgan fingerprint density at radius 3 is 2.63 bits per heavy atom. The van der Waals surface area contributed by atoms with Crippen LogP contribution < -0.4 is 14.8 Å². The van der Waals surface area contributed by atoms with Crippen LogP contribution in [0.5, 0.6) is 11.5 Å². The van der Waals surface area contributed by atoms with Gasteiger partial charge in [0.25, 0.3) is 5.91 Å². The van der Waals surface area contributed by atoms with E-state index in [4.69, 9.17) is 25.8 Å². The number of methoxy groups -OCH3 is 2. The number of carbonyl (C=O) groups excluding carboxylic acids is 2. The zero-order chi connectivity index (χ0) is 21.5. The Bertz CT molecular complexity index is 1050. The van der Waals surface area contributed by atoms with Crippen molar-refractivity contribution in [2.24, 2.45) is 0 Å². The first-order chi connectivity index (χ1) is 14.5. The van der Waals surface area contributed by atoms with Gasteiger partial charge in [0.2, 0.25) is 0 Å². The summed E-state index contributed by atoms with van der Waals surface area (Å²) in [4.78, 5) is 28.4. The molecule has 1 amide bonds. The summed E-state index contributed by atoms with van der Waals surface area (Å²) in [5.74, 6) is 0.0702. The number of amides is 1. The second-order valence-electron chi connectivity index (χ2n) is 6.09. The Morgan fingerprint density at radius 2 is 1.90 bits per heavy atom. The summed E-state index contributed by atoms with van der Waals surface area (Å²) in [7, 11) is 3.09. The van der Waals surface area contributed by atoms with Crippen LogP contribution in [0.1, 0.15) is 16.1 Å². The van der Waals surface area contributed by atoms with Gasteiger partial charge in [0.05, 0.1) is 14.2 Å². The summed E-state index contributed by atoms with van der Waals surface area (Å²) in [6.07, 6.45) is 0. The number of ether oxygens (including phenoxy) is 3. The maximum absolute atomic E-state index is 12.2. The molecular weight excluding hydrogens is 428 g/mol. The van der Waals surface area contributed by atoms with E-state index in [0.29, 0.717) is 21.5 Å². The lowest BCUT2D eigenvalue weighted by molar-refractivity contribution is -0.124. The quantitative estimate of drug-likeness (QED) is 0.527. The molecule has 1 aromatic heterocycles. The van der Waals surface area contributed by atoms with E-state index >= 15 is 0 Å². The number of nitrogens with one attached hydrogen (secondary N) is 1. The lowest BCUT2D eigenvalue weighted by atomic mass is 10.2. The van der Waals surface area contributed by atoms with E-state index in [9.17, 15) is 9.59 Å². The number of halogens is 1. The van der Waals surface area contributed by atoms with Crippen LogP contribution in [0.2, 0.25) is 5.02 Å². The van der Waals surface area contributed by atoms with E-state index in [1.54, 1.807) is 48.9 Å². The summed E-state index contributed by atoms with van der Waals surface area (Å²) in [5, 5.41) is 5.49. The van der Waals surface area contributed by atoms with Crippen molar-refractivity contribution >= 4 is 34.8 Å². The van der Waals surface area contributed by atoms with Gasteiger partial charge >= 0.3 is 5.97 Å². The van der Waals surface area contributed by atoms with Gasteiger partial charge in [-0.1, -0.05) is 29.8 Å². The average molecular weight is 447 g/mol. The monoisotopic (exact) mass is 446 g/mol. The Morgan fingerprint density at radius 1 is 1.10 bits per heavy atom. The van der Waals surface area contributed by atoms with E-state index in [-0.39, 0.29) is 12.2 Å². The molecule has 0 spiro atoms. The predicted molar refractivity (Wildman–Crippen MR) is 114 cm³/mol. The molecule has 0 bridgehead atoms. The second-order valence-corrected chi connectivity index (χ2v) is 7.38. The summed E-state index contributed by atoms with van der Waals surface area (Å²) < 4.78 is 15.5. The number of esters is 1. The summed E-state index contributed by atoms with van der Waals surface area (Å²) >= 11 is 7.28. The van der Waals surface area contributed by atoms with Crippen molar-refractivity contribution in [3.63, 3.8) is 0 Å². The first-order valence-electron chi connectivity index (χ1n) is 8.86. The molecule has 3 aromatic rings. The van der Waals surface area contributed by atoms with Crippen LogP contribution in [0.15, 0.2) is 47.8 Å². The second kappa shape index (κ2) is 10.1. The fourth-order valence-electron chi connectivity index (χ4n) is 2.57. The smallest absolute Gasteiger partial charge is 0.358 e. The number of rotatable bonds is 8. The molecule has 1 heterocycles. The molecule has 0 saturated carbocycles. The van der Waals surface area contributed by atoms with Crippen molar-refractivity contribution in [1.82, 2.24) is 10.3 Å². The van der Waals surface area contributed by atoms with Crippen molar-refractivity contribution in [2.75, 3.05) is 20.8 Å². The van der Waals surface area contributed by atoms with Crippen LogP contribution >= 0.6 is 22.9 Å². The molecule has 7 nitrogen and oxygen atoms in total. The molecule has 0 atom stereocenters. The zero-order valence-corrected chi connectivity index (χ0v) is 17.9. The molecule has 0 fully saturated rings. The highest BCUT2D eigenvalue weighted by Gasteiger charge is 2.15. The Balaban J connectivity index is 1.51. The van der Waals surface area contributed by atoms with Crippen LogP contribution in [0.25, 0.3) is 10.6 Å². The molecule has 0 radical (unpaired) electrons. The van der Waals surface area contributed by atoms with Gasteiger partial charge in [-0.2, -0.15) is 0 Å². The van der Waals surface area contributed by atoms with Gasteiger partial charge in [0, 0.05) is 22.5 Å². The molecule has 0 aliphatic carbocycles. The van der Waals surface area contributed by atoms with Crippen LogP contribution in [-0.4, -0.2) is 37.7 Å². The summed E-state index contributed by atoms with van der Waals surface area (Å²) in [6, 6.07) is 12.5. The number of aromatic nitrogens is 1. The van der Waals surface area contributed by atoms with Crippen LogP contribution in [-0.2, 0) is 16.1 Å². The first-order valence-corrected chi connectivity index (χ1v) is 10.1. The Labute approximate surface area is 182 Å². The SMILES string of the molecule is COc1ccc(CNC(=O)COC(=O)c2csc(-c3cccc(Cl)c3)n2)cc1OC. The topological polar surface area (TPSA) is 86.8 Å². The molecule has 9 heteroatoms. The molecule has 0 aliphatic heterocycles. The average Bonchev–Trinajstić information content (AvgIpc) is 3.26. The van der Waals surface area contributed by atoms with Gasteiger partial charge < -0.3 is 19.5 Å². The molecule has 0 aliphatic rings. The third kappa shape index (κ3) is 5.49. The minimum atomic E-state index is -0.666. The summed E-state index contributed by atoms with van der Waals surface area (Å²) in [5.41, 5.74) is 1.76. The van der Waals surface area contributed by atoms with Gasteiger partial charge in [-0.25, -0.2) is 9.78 Å². The lowest BCUT2D eigenvalue weighted by Crippen LogP contribution is -2.28. The van der Waals surface area contributed by atoms with Gasteiger partial charge in [-0.05, 0) is 29.8 Å². The normalized spacial score (nSPS) is 10.4. The minimum absolute atomic E-state index is 0.141. The third-order valence-electron chi connectivity index (χ3n) is 4.06. The van der Waals surface area contributed by atoms with Crippen LogP contribution in [0, 0.1) is 0 Å². The van der Waals surface area contributed by atoms with Crippen molar-refractivity contribution in [2.45, 2.75) is 6.54 Å². The Kier molecular flexibility index (Phi) is 7.26. The fraction of sp³-hybridized carbons (Fsp3) is 0.190. The van der Waals surface area contributed by atoms with E-state index in [0.717, 1.165) is 11.1 Å². The highest BCUT2D eigenvalue weighted by molar-refractivity contribution is 7.13. The molecule has 1 N–H and O–H groups in total. The molecule has 156 valence electrons. The van der Waals surface area contributed by atoms with E-state index < -0.39 is 18.5 Å². The van der Waals surface area contributed by atoms with Crippen molar-refractivity contribution < 1.29 is 23.8 Å². The van der Waals surface area contributed by atoms with Crippen LogP contribution in [0.3, 0.4) is 0 Å². The van der Waals surface area contributed by atoms with Crippen LogP contribution in [0.4, 0.5) is 0 Å². The molecular formula is C21H19ClN2O5S. The van der Waals surface area contributed by atoms with E-state index in [1.807, 2.05) is 6.07 Å². The number of hydrogen-bond donors (Lipinski definition) is 1.